The summed E-state index contributed by atoms with van der Waals surface area (Å²) >= 11 is 5.76. The number of halogens is 1. The molecule has 6 heteroatoms. The Balaban J connectivity index is 2.54. The van der Waals surface area contributed by atoms with Gasteiger partial charge in [-0.15, -0.1) is 0 Å². The number of aryl methyl sites for hydroxylation is 1. The largest absolute Gasteiger partial charge is 0.396 e. The van der Waals surface area contributed by atoms with Crippen LogP contribution in [0.4, 0.5) is 5.69 Å². The second-order valence-corrected chi connectivity index (χ2v) is 4.06. The molecule has 0 aliphatic heterocycles. The number of anilines is 1. The summed E-state index contributed by atoms with van der Waals surface area (Å²) in [4.78, 5) is 8.30. The van der Waals surface area contributed by atoms with Gasteiger partial charge in [-0.05, 0) is 12.8 Å². The fraction of sp³-hybridized carbons (Fsp3) is 0.364. The van der Waals surface area contributed by atoms with Gasteiger partial charge in [0, 0.05) is 0 Å². The second kappa shape index (κ2) is 4.71. The molecule has 90 valence electrons. The van der Waals surface area contributed by atoms with Crippen molar-refractivity contribution in [2.24, 2.45) is 0 Å². The maximum atomic E-state index is 6.03. The quantitative estimate of drug-likeness (QED) is 0.906. The molecule has 0 spiro atoms. The lowest BCUT2D eigenvalue weighted by molar-refractivity contribution is 0.746. The molecule has 0 bridgehead atoms. The standard InChI is InChI=1S/C11H14ClN5/c1-3-8-10(13)9(4-2)17(16-8)11-14-5-7(12)6-15-11/h5-6H,3-4,13H2,1-2H3. The second-order valence-electron chi connectivity index (χ2n) is 3.63. The minimum Gasteiger partial charge on any atom is -0.396 e. The molecule has 5 nitrogen and oxygen atoms in total. The van der Waals surface area contributed by atoms with E-state index >= 15 is 0 Å². The molecule has 0 aliphatic carbocycles. The first kappa shape index (κ1) is 11.9. The number of aromatic nitrogens is 4. The average molecular weight is 252 g/mol. The summed E-state index contributed by atoms with van der Waals surface area (Å²) in [5.74, 6) is 0.498. The van der Waals surface area contributed by atoms with E-state index in [4.69, 9.17) is 17.3 Å². The smallest absolute Gasteiger partial charge is 0.250 e. The van der Waals surface area contributed by atoms with E-state index in [9.17, 15) is 0 Å². The Kier molecular flexibility index (Phi) is 3.28. The zero-order valence-corrected chi connectivity index (χ0v) is 10.6. The van der Waals surface area contributed by atoms with Gasteiger partial charge in [0.1, 0.15) is 0 Å². The predicted octanol–water partition coefficient (Wildman–Crippen LogP) is 2.02. The lowest BCUT2D eigenvalue weighted by Gasteiger charge is -2.03. The summed E-state index contributed by atoms with van der Waals surface area (Å²) < 4.78 is 1.69. The van der Waals surface area contributed by atoms with Crippen molar-refractivity contribution in [2.45, 2.75) is 26.7 Å². The van der Waals surface area contributed by atoms with Crippen LogP contribution in [0.2, 0.25) is 5.02 Å². The first-order valence-electron chi connectivity index (χ1n) is 5.51. The molecule has 17 heavy (non-hydrogen) atoms. The third kappa shape index (κ3) is 2.10. The molecule has 2 aromatic rings. The monoisotopic (exact) mass is 251 g/mol. The van der Waals surface area contributed by atoms with Crippen molar-refractivity contribution < 1.29 is 0 Å². The highest BCUT2D eigenvalue weighted by atomic mass is 35.5. The predicted molar refractivity (Wildman–Crippen MR) is 67.3 cm³/mol. The molecule has 0 radical (unpaired) electrons. The fourth-order valence-corrected chi connectivity index (χ4v) is 1.79. The highest BCUT2D eigenvalue weighted by Gasteiger charge is 2.15. The zero-order valence-electron chi connectivity index (χ0n) is 9.81. The van der Waals surface area contributed by atoms with Crippen LogP contribution in [0.25, 0.3) is 5.95 Å². The van der Waals surface area contributed by atoms with Gasteiger partial charge in [0.2, 0.25) is 0 Å². The van der Waals surface area contributed by atoms with E-state index in [1.807, 2.05) is 13.8 Å². The van der Waals surface area contributed by atoms with Crippen molar-refractivity contribution in [2.75, 3.05) is 5.73 Å². The van der Waals surface area contributed by atoms with Gasteiger partial charge in [-0.3, -0.25) is 0 Å². The number of rotatable bonds is 3. The van der Waals surface area contributed by atoms with E-state index in [2.05, 4.69) is 15.1 Å². The van der Waals surface area contributed by atoms with Crippen molar-refractivity contribution in [3.05, 3.63) is 28.8 Å². The topological polar surface area (TPSA) is 69.6 Å². The molecule has 0 saturated heterocycles. The molecule has 2 rings (SSSR count). The highest BCUT2D eigenvalue weighted by molar-refractivity contribution is 6.30. The third-order valence-electron chi connectivity index (χ3n) is 2.56. The van der Waals surface area contributed by atoms with E-state index in [-0.39, 0.29) is 0 Å². The molecule has 0 aromatic carbocycles. The zero-order chi connectivity index (χ0) is 12.4. The summed E-state index contributed by atoms with van der Waals surface area (Å²) in [6, 6.07) is 0. The molecule has 2 aromatic heterocycles. The summed E-state index contributed by atoms with van der Waals surface area (Å²) in [5.41, 5.74) is 8.57. The van der Waals surface area contributed by atoms with Gasteiger partial charge >= 0.3 is 0 Å². The van der Waals surface area contributed by atoms with Crippen LogP contribution >= 0.6 is 11.6 Å². The van der Waals surface area contributed by atoms with Crippen molar-refractivity contribution in [1.82, 2.24) is 19.7 Å². The maximum absolute atomic E-state index is 6.03. The van der Waals surface area contributed by atoms with Crippen LogP contribution in [0.1, 0.15) is 25.2 Å². The Morgan fingerprint density at radius 1 is 1.24 bits per heavy atom. The van der Waals surface area contributed by atoms with Gasteiger partial charge in [-0.1, -0.05) is 25.4 Å². The Labute approximate surface area is 105 Å². The molecule has 0 aliphatic rings. The van der Waals surface area contributed by atoms with Gasteiger partial charge in [0.05, 0.1) is 34.5 Å². The molecule has 0 unspecified atom stereocenters. The van der Waals surface area contributed by atoms with E-state index in [1.165, 1.54) is 0 Å². The van der Waals surface area contributed by atoms with E-state index in [0.717, 1.165) is 29.9 Å². The molecule has 2 N–H and O–H groups in total. The number of nitrogens with two attached hydrogens (primary N) is 1. The van der Waals surface area contributed by atoms with E-state index in [1.54, 1.807) is 17.1 Å². The average Bonchev–Trinajstić information content (AvgIpc) is 2.66. The van der Waals surface area contributed by atoms with Crippen molar-refractivity contribution >= 4 is 17.3 Å². The fourth-order valence-electron chi connectivity index (χ4n) is 1.70. The number of nitrogen functional groups attached to an aromatic ring is 1. The van der Waals surface area contributed by atoms with E-state index < -0.39 is 0 Å². The highest BCUT2D eigenvalue weighted by Crippen LogP contribution is 2.20. The Bertz CT molecular complexity index is 517. The van der Waals surface area contributed by atoms with Crippen LogP contribution in [-0.2, 0) is 12.8 Å². The third-order valence-corrected chi connectivity index (χ3v) is 2.76. The SMILES string of the molecule is CCc1nn(-c2ncc(Cl)cn2)c(CC)c1N. The van der Waals surface area contributed by atoms with Crippen molar-refractivity contribution in [3.8, 4) is 5.95 Å². The van der Waals surface area contributed by atoms with Gasteiger partial charge in [0.25, 0.3) is 5.95 Å². The Hall–Kier alpha value is -1.62. The number of hydrogen-bond acceptors (Lipinski definition) is 4. The van der Waals surface area contributed by atoms with Crippen LogP contribution in [0, 0.1) is 0 Å². The van der Waals surface area contributed by atoms with Crippen molar-refractivity contribution in [3.63, 3.8) is 0 Å². The minimum absolute atomic E-state index is 0.498. The maximum Gasteiger partial charge on any atom is 0.250 e. The van der Waals surface area contributed by atoms with Crippen LogP contribution in [0.15, 0.2) is 12.4 Å². The number of nitrogens with zero attached hydrogens (tertiary/aromatic N) is 4. The molecule has 0 fully saturated rings. The minimum atomic E-state index is 0.498. The van der Waals surface area contributed by atoms with Crippen molar-refractivity contribution in [1.29, 1.82) is 0 Å². The Morgan fingerprint density at radius 3 is 2.41 bits per heavy atom. The summed E-state index contributed by atoms with van der Waals surface area (Å²) in [6.07, 6.45) is 4.67. The van der Waals surface area contributed by atoms with E-state index in [0.29, 0.717) is 11.0 Å². The number of hydrogen-bond donors (Lipinski definition) is 1. The van der Waals surface area contributed by atoms with Crippen LogP contribution in [0.3, 0.4) is 0 Å². The van der Waals surface area contributed by atoms with Gasteiger partial charge in [-0.2, -0.15) is 5.10 Å². The first-order chi connectivity index (χ1) is 8.17. The molecule has 0 amide bonds. The summed E-state index contributed by atoms with van der Waals surface area (Å²) in [5, 5.41) is 4.93. The normalized spacial score (nSPS) is 10.8. The molecular formula is C11H14ClN5. The lowest BCUT2D eigenvalue weighted by atomic mass is 10.2. The first-order valence-corrected chi connectivity index (χ1v) is 5.89. The molecule has 0 saturated carbocycles. The van der Waals surface area contributed by atoms with Crippen LogP contribution < -0.4 is 5.73 Å². The van der Waals surface area contributed by atoms with Gasteiger partial charge in [0.15, 0.2) is 0 Å². The van der Waals surface area contributed by atoms with Gasteiger partial charge < -0.3 is 5.73 Å². The molecule has 0 atom stereocenters. The van der Waals surface area contributed by atoms with Crippen LogP contribution in [0.5, 0.6) is 0 Å². The molecular weight excluding hydrogens is 238 g/mol. The summed E-state index contributed by atoms with van der Waals surface area (Å²) in [6.45, 7) is 4.05. The Morgan fingerprint density at radius 2 is 1.88 bits per heavy atom. The molecule has 2 heterocycles. The lowest BCUT2D eigenvalue weighted by Crippen LogP contribution is -2.06. The van der Waals surface area contributed by atoms with Gasteiger partial charge in [-0.25, -0.2) is 14.6 Å². The summed E-state index contributed by atoms with van der Waals surface area (Å²) in [7, 11) is 0. The van der Waals surface area contributed by atoms with Crippen LogP contribution in [-0.4, -0.2) is 19.7 Å².